The molecule has 1 aliphatic rings. The van der Waals surface area contributed by atoms with Crippen molar-refractivity contribution in [2.24, 2.45) is 11.0 Å². The predicted molar refractivity (Wildman–Crippen MR) is 108 cm³/mol. The van der Waals surface area contributed by atoms with E-state index in [1.165, 1.54) is 43.5 Å². The maximum atomic E-state index is 13.5. The number of anilines is 2. The summed E-state index contributed by atoms with van der Waals surface area (Å²) in [5.74, 6) is -4.11. The van der Waals surface area contributed by atoms with Crippen LogP contribution in [0.3, 0.4) is 0 Å². The van der Waals surface area contributed by atoms with Crippen LogP contribution in [0.1, 0.15) is 19.4 Å². The summed E-state index contributed by atoms with van der Waals surface area (Å²) < 4.78 is 61.5. The van der Waals surface area contributed by atoms with Crippen LogP contribution in [0.5, 0.6) is 11.5 Å². The van der Waals surface area contributed by atoms with Gasteiger partial charge in [-0.15, -0.1) is 0 Å². The number of nitrogens with one attached hydrogen (secondary N) is 1. The Balaban J connectivity index is 1.74. The summed E-state index contributed by atoms with van der Waals surface area (Å²) in [4.78, 5) is 12.9. The smallest absolute Gasteiger partial charge is 0.387 e. The summed E-state index contributed by atoms with van der Waals surface area (Å²) in [7, 11) is 1.29. The number of benzene rings is 2. The quantitative estimate of drug-likeness (QED) is 0.597. The lowest BCUT2D eigenvalue weighted by atomic mass is 10.0. The van der Waals surface area contributed by atoms with Crippen molar-refractivity contribution in [1.82, 2.24) is 0 Å². The molecule has 0 saturated carbocycles. The summed E-state index contributed by atoms with van der Waals surface area (Å²) in [5.41, 5.74) is 1.15. The zero-order valence-electron chi connectivity index (χ0n) is 17.0. The Labute approximate surface area is 176 Å². The minimum atomic E-state index is -3.02. The molecule has 1 N–H and O–H groups in total. The lowest BCUT2D eigenvalue weighted by Crippen LogP contribution is -2.31. The zero-order valence-corrected chi connectivity index (χ0v) is 17.0. The highest BCUT2D eigenvalue weighted by atomic mass is 19.3. The van der Waals surface area contributed by atoms with Gasteiger partial charge in [-0.2, -0.15) is 13.9 Å². The van der Waals surface area contributed by atoms with E-state index < -0.39 is 18.5 Å². The normalized spacial score (nSPS) is 16.5. The number of hydrazone groups is 1. The van der Waals surface area contributed by atoms with Gasteiger partial charge in [0.05, 0.1) is 24.4 Å². The number of carbonyl (C=O) groups is 1. The largest absolute Gasteiger partial charge is 0.493 e. The fourth-order valence-corrected chi connectivity index (χ4v) is 3.13. The molecule has 31 heavy (non-hydrogen) atoms. The highest BCUT2D eigenvalue weighted by molar-refractivity contribution is 6.15. The monoisotopic (exact) mass is 439 g/mol. The second-order valence-electron chi connectivity index (χ2n) is 7.01. The first-order valence-corrected chi connectivity index (χ1v) is 9.34. The number of halogens is 4. The van der Waals surface area contributed by atoms with E-state index in [2.05, 4.69) is 15.2 Å². The van der Waals surface area contributed by atoms with E-state index in [1.807, 2.05) is 0 Å². The van der Waals surface area contributed by atoms with Gasteiger partial charge in [-0.1, -0.05) is 12.1 Å². The Bertz CT molecular complexity index is 992. The topological polar surface area (TPSA) is 63.2 Å². The van der Waals surface area contributed by atoms with Crippen molar-refractivity contribution in [1.29, 1.82) is 0 Å². The van der Waals surface area contributed by atoms with Crippen LogP contribution in [-0.4, -0.2) is 31.9 Å². The summed E-state index contributed by atoms with van der Waals surface area (Å²) in [6.45, 7) is -0.387. The lowest BCUT2D eigenvalue weighted by molar-refractivity contribution is -0.119. The number of hydrogen-bond donors (Lipinski definition) is 1. The van der Waals surface area contributed by atoms with Crippen LogP contribution in [0.2, 0.25) is 0 Å². The average Bonchev–Trinajstić information content (AvgIpc) is 2.99. The molecule has 0 spiro atoms. The molecule has 1 heterocycles. The Morgan fingerprint density at radius 3 is 2.58 bits per heavy atom. The Morgan fingerprint density at radius 1 is 1.19 bits per heavy atom. The van der Waals surface area contributed by atoms with Gasteiger partial charge in [-0.05, 0) is 31.2 Å². The van der Waals surface area contributed by atoms with Crippen molar-refractivity contribution in [3.8, 4) is 11.5 Å². The van der Waals surface area contributed by atoms with E-state index in [0.717, 1.165) is 11.9 Å². The Morgan fingerprint density at radius 2 is 1.94 bits per heavy atom. The van der Waals surface area contributed by atoms with Gasteiger partial charge in [0.15, 0.2) is 11.5 Å². The van der Waals surface area contributed by atoms with E-state index in [4.69, 9.17) is 4.74 Å². The molecule has 0 aliphatic carbocycles. The van der Waals surface area contributed by atoms with Crippen LogP contribution in [-0.2, 0) is 10.7 Å². The van der Waals surface area contributed by atoms with Crippen LogP contribution < -0.4 is 19.8 Å². The maximum Gasteiger partial charge on any atom is 0.387 e. The van der Waals surface area contributed by atoms with Gasteiger partial charge in [-0.3, -0.25) is 4.79 Å². The number of hydrogen-bond acceptors (Lipinski definition) is 5. The van der Waals surface area contributed by atoms with Gasteiger partial charge in [0.2, 0.25) is 0 Å². The van der Waals surface area contributed by atoms with E-state index in [9.17, 15) is 22.4 Å². The highest BCUT2D eigenvalue weighted by Crippen LogP contribution is 2.35. The van der Waals surface area contributed by atoms with Crippen LogP contribution in [0.25, 0.3) is 0 Å². The number of methoxy groups -OCH3 is 1. The van der Waals surface area contributed by atoms with E-state index >= 15 is 0 Å². The van der Waals surface area contributed by atoms with Gasteiger partial charge in [0, 0.05) is 30.8 Å². The molecule has 0 bridgehead atoms. The minimum absolute atomic E-state index is 0.0253. The summed E-state index contributed by atoms with van der Waals surface area (Å²) in [6, 6.07) is 9.85. The van der Waals surface area contributed by atoms with Crippen LogP contribution >= 0.6 is 0 Å². The first-order chi connectivity index (χ1) is 14.6. The van der Waals surface area contributed by atoms with Crippen molar-refractivity contribution >= 4 is 23.0 Å². The molecular weight excluding hydrogens is 418 g/mol. The Hall–Kier alpha value is -3.30. The second-order valence-corrected chi connectivity index (χ2v) is 7.01. The maximum absolute atomic E-state index is 13.5. The van der Waals surface area contributed by atoms with Gasteiger partial charge in [0.25, 0.3) is 11.8 Å². The number of amides is 1. The molecule has 1 amide bonds. The molecule has 3 rings (SSSR count). The molecule has 1 aliphatic heterocycles. The molecule has 0 radical (unpaired) electrons. The summed E-state index contributed by atoms with van der Waals surface area (Å²) in [5, 5.41) is 8.39. The number of ether oxygens (including phenoxy) is 2. The van der Waals surface area contributed by atoms with Crippen molar-refractivity contribution in [3.05, 3.63) is 48.0 Å². The van der Waals surface area contributed by atoms with Crippen molar-refractivity contribution in [2.45, 2.75) is 26.4 Å². The fraction of sp³-hybridized carbons (Fsp3) is 0.333. The zero-order chi connectivity index (χ0) is 22.8. The molecule has 2 aromatic carbocycles. The molecule has 1 atom stereocenters. The lowest BCUT2D eigenvalue weighted by Gasteiger charge is -2.18. The van der Waals surface area contributed by atoms with Crippen LogP contribution in [0.15, 0.2) is 47.6 Å². The fourth-order valence-electron chi connectivity index (χ4n) is 3.13. The average molecular weight is 439 g/mol. The van der Waals surface area contributed by atoms with E-state index in [0.29, 0.717) is 17.1 Å². The van der Waals surface area contributed by atoms with Gasteiger partial charge in [-0.25, -0.2) is 13.8 Å². The molecule has 0 aromatic heterocycles. The predicted octanol–water partition coefficient (Wildman–Crippen LogP) is 4.86. The minimum Gasteiger partial charge on any atom is -0.493 e. The Kier molecular flexibility index (Phi) is 6.37. The van der Waals surface area contributed by atoms with Gasteiger partial charge >= 0.3 is 6.61 Å². The number of nitrogens with zero attached hydrogens (tertiary/aromatic N) is 2. The standard InChI is InChI=1S/C21H21F4N3O3/c1-12-16(11-26-14-6-4-5-13(9-14)21(2,24)25)19(29)28(27-12)15-7-8-17(31-20(22)23)18(10-15)30-3/h4-10,16,20,26H,11H2,1-3H3. The highest BCUT2D eigenvalue weighted by Gasteiger charge is 2.35. The van der Waals surface area contributed by atoms with Crippen molar-refractivity contribution < 1.29 is 31.8 Å². The van der Waals surface area contributed by atoms with Crippen molar-refractivity contribution in [3.63, 3.8) is 0 Å². The number of alkyl halides is 4. The van der Waals surface area contributed by atoms with Gasteiger partial charge < -0.3 is 14.8 Å². The third kappa shape index (κ3) is 5.07. The molecule has 6 nitrogen and oxygen atoms in total. The SMILES string of the molecule is COc1cc(N2N=C(C)C(CNc3cccc(C(C)(F)F)c3)C2=O)ccc1OC(F)F. The van der Waals surface area contributed by atoms with E-state index in [-0.39, 0.29) is 29.5 Å². The molecule has 10 heteroatoms. The van der Waals surface area contributed by atoms with Crippen molar-refractivity contribution in [2.75, 3.05) is 24.0 Å². The first-order valence-electron chi connectivity index (χ1n) is 9.34. The molecule has 0 fully saturated rings. The van der Waals surface area contributed by atoms with Gasteiger partial charge in [0.1, 0.15) is 0 Å². The molecular formula is C21H21F4N3O3. The summed E-state index contributed by atoms with van der Waals surface area (Å²) in [6.07, 6.45) is 0. The van der Waals surface area contributed by atoms with E-state index in [1.54, 1.807) is 13.0 Å². The molecule has 1 unspecified atom stereocenters. The molecule has 166 valence electrons. The van der Waals surface area contributed by atoms with Crippen LogP contribution in [0, 0.1) is 5.92 Å². The summed E-state index contributed by atoms with van der Waals surface area (Å²) >= 11 is 0. The third-order valence-corrected chi connectivity index (χ3v) is 4.76. The number of carbonyl (C=O) groups excluding carboxylic acids is 1. The number of rotatable bonds is 8. The third-order valence-electron chi connectivity index (χ3n) is 4.76. The molecule has 2 aromatic rings. The molecule has 0 saturated heterocycles. The second kappa shape index (κ2) is 8.83. The first kappa shape index (κ1) is 22.4. The van der Waals surface area contributed by atoms with Crippen LogP contribution in [0.4, 0.5) is 28.9 Å².